The van der Waals surface area contributed by atoms with Crippen molar-refractivity contribution in [3.8, 4) is 0 Å². The molecule has 98 valence electrons. The summed E-state index contributed by atoms with van der Waals surface area (Å²) >= 11 is 0. The monoisotopic (exact) mass is 248 g/mol. The van der Waals surface area contributed by atoms with Crippen LogP contribution in [-0.2, 0) is 6.54 Å². The molecule has 5 nitrogen and oxygen atoms in total. The summed E-state index contributed by atoms with van der Waals surface area (Å²) in [6.07, 6.45) is 4.94. The first-order valence-electron chi connectivity index (χ1n) is 7.10. The van der Waals surface area contributed by atoms with Crippen LogP contribution in [0.4, 0.5) is 0 Å². The van der Waals surface area contributed by atoms with Crippen LogP contribution in [0.25, 0.3) is 0 Å². The van der Waals surface area contributed by atoms with Crippen LogP contribution >= 0.6 is 0 Å². The van der Waals surface area contributed by atoms with E-state index in [-0.39, 0.29) is 0 Å². The average molecular weight is 248 g/mol. The van der Waals surface area contributed by atoms with E-state index < -0.39 is 0 Å². The minimum Gasteiger partial charge on any atom is -0.338 e. The first-order valence-corrected chi connectivity index (χ1v) is 7.10. The zero-order valence-corrected chi connectivity index (χ0v) is 10.6. The quantitative estimate of drug-likeness (QED) is 0.868. The van der Waals surface area contributed by atoms with Gasteiger partial charge in [-0.3, -0.25) is 4.90 Å². The van der Waals surface area contributed by atoms with Gasteiger partial charge in [-0.25, -0.2) is 0 Å². The van der Waals surface area contributed by atoms with Gasteiger partial charge >= 0.3 is 0 Å². The SMILES string of the molecule is NC1CCC2CN(Cc3nc(C4CC4)no3)CC12. The maximum Gasteiger partial charge on any atom is 0.240 e. The van der Waals surface area contributed by atoms with E-state index >= 15 is 0 Å². The number of hydrogen-bond acceptors (Lipinski definition) is 5. The number of fused-ring (bicyclic) bond motifs is 1. The minimum atomic E-state index is 0.407. The lowest BCUT2D eigenvalue weighted by Crippen LogP contribution is -2.30. The van der Waals surface area contributed by atoms with Gasteiger partial charge in [-0.15, -0.1) is 0 Å². The summed E-state index contributed by atoms with van der Waals surface area (Å²) in [6.45, 7) is 3.06. The van der Waals surface area contributed by atoms with E-state index in [9.17, 15) is 0 Å². The Hall–Kier alpha value is -0.940. The predicted molar refractivity (Wildman–Crippen MR) is 65.7 cm³/mol. The van der Waals surface area contributed by atoms with Gasteiger partial charge in [-0.2, -0.15) is 4.98 Å². The molecule has 3 aliphatic rings. The summed E-state index contributed by atoms with van der Waals surface area (Å²) in [4.78, 5) is 6.93. The molecule has 5 heteroatoms. The molecule has 0 aromatic carbocycles. The normalized spacial score (nSPS) is 36.2. The summed E-state index contributed by atoms with van der Waals surface area (Å²) in [6, 6.07) is 0.407. The molecule has 0 bridgehead atoms. The van der Waals surface area contributed by atoms with Crippen molar-refractivity contribution in [2.45, 2.75) is 44.2 Å². The van der Waals surface area contributed by atoms with Gasteiger partial charge in [0.15, 0.2) is 5.82 Å². The van der Waals surface area contributed by atoms with Gasteiger partial charge in [0.05, 0.1) is 6.54 Å². The fraction of sp³-hybridized carbons (Fsp3) is 0.846. The Kier molecular flexibility index (Phi) is 2.45. The molecule has 1 aromatic rings. The number of likely N-dealkylation sites (tertiary alicyclic amines) is 1. The van der Waals surface area contributed by atoms with Crippen molar-refractivity contribution in [2.75, 3.05) is 13.1 Å². The van der Waals surface area contributed by atoms with Crippen molar-refractivity contribution in [2.24, 2.45) is 17.6 Å². The lowest BCUT2D eigenvalue weighted by molar-refractivity contribution is 0.249. The number of aromatic nitrogens is 2. The third kappa shape index (κ3) is 1.86. The topological polar surface area (TPSA) is 68.2 Å². The van der Waals surface area contributed by atoms with Crippen LogP contribution in [0.1, 0.15) is 43.3 Å². The highest BCUT2D eigenvalue weighted by Gasteiger charge is 2.41. The van der Waals surface area contributed by atoms with Crippen LogP contribution < -0.4 is 5.73 Å². The molecule has 0 spiro atoms. The number of rotatable bonds is 3. The van der Waals surface area contributed by atoms with Gasteiger partial charge < -0.3 is 10.3 Å². The van der Waals surface area contributed by atoms with Gasteiger partial charge in [-0.05, 0) is 37.5 Å². The Labute approximate surface area is 107 Å². The van der Waals surface area contributed by atoms with Gasteiger partial charge in [0.2, 0.25) is 5.89 Å². The molecule has 0 amide bonds. The molecule has 2 saturated carbocycles. The van der Waals surface area contributed by atoms with E-state index in [0.717, 1.165) is 37.3 Å². The largest absolute Gasteiger partial charge is 0.338 e. The maximum atomic E-state index is 6.15. The number of nitrogens with zero attached hydrogens (tertiary/aromatic N) is 3. The molecule has 1 saturated heterocycles. The molecule has 18 heavy (non-hydrogen) atoms. The molecule has 2 aliphatic carbocycles. The Morgan fingerprint density at radius 2 is 2.11 bits per heavy atom. The zero-order chi connectivity index (χ0) is 12.1. The first kappa shape index (κ1) is 10.9. The van der Waals surface area contributed by atoms with Crippen molar-refractivity contribution in [3.63, 3.8) is 0 Å². The second-order valence-electron chi connectivity index (χ2n) is 6.18. The van der Waals surface area contributed by atoms with Gasteiger partial charge in [0.1, 0.15) is 0 Å². The smallest absolute Gasteiger partial charge is 0.240 e. The second kappa shape index (κ2) is 4.03. The Morgan fingerprint density at radius 3 is 2.89 bits per heavy atom. The Bertz CT molecular complexity index is 442. The molecule has 1 aliphatic heterocycles. The first-order chi connectivity index (χ1) is 8.79. The standard InChI is InChI=1S/C13H20N4O/c14-11-4-3-9-5-17(6-10(9)11)7-12-15-13(16-18-12)8-1-2-8/h8-11H,1-7,14H2. The summed E-state index contributed by atoms with van der Waals surface area (Å²) in [5.74, 6) is 3.77. The number of nitrogens with two attached hydrogens (primary N) is 1. The Balaban J connectivity index is 1.40. The highest BCUT2D eigenvalue weighted by atomic mass is 16.5. The number of hydrogen-bond donors (Lipinski definition) is 1. The molecule has 3 atom stereocenters. The van der Waals surface area contributed by atoms with E-state index in [4.69, 9.17) is 10.3 Å². The third-order valence-corrected chi connectivity index (χ3v) is 4.77. The lowest BCUT2D eigenvalue weighted by Gasteiger charge is -2.15. The molecule has 0 radical (unpaired) electrons. The summed E-state index contributed by atoms with van der Waals surface area (Å²) in [5.41, 5.74) is 6.15. The zero-order valence-electron chi connectivity index (χ0n) is 10.6. The fourth-order valence-electron chi connectivity index (χ4n) is 3.56. The van der Waals surface area contributed by atoms with Crippen LogP contribution in [0.5, 0.6) is 0 Å². The molecule has 4 rings (SSSR count). The van der Waals surface area contributed by atoms with E-state index in [1.807, 2.05) is 0 Å². The molecule has 1 aromatic heterocycles. The van der Waals surface area contributed by atoms with Crippen LogP contribution in [0.15, 0.2) is 4.52 Å². The maximum absolute atomic E-state index is 6.15. The van der Waals surface area contributed by atoms with Crippen molar-refractivity contribution in [1.29, 1.82) is 0 Å². The lowest BCUT2D eigenvalue weighted by atomic mass is 9.98. The van der Waals surface area contributed by atoms with Crippen molar-refractivity contribution < 1.29 is 4.52 Å². The van der Waals surface area contributed by atoms with Crippen LogP contribution in [0, 0.1) is 11.8 Å². The van der Waals surface area contributed by atoms with Crippen molar-refractivity contribution >= 4 is 0 Å². The van der Waals surface area contributed by atoms with Gasteiger partial charge in [-0.1, -0.05) is 5.16 Å². The van der Waals surface area contributed by atoms with E-state index in [0.29, 0.717) is 17.9 Å². The highest BCUT2D eigenvalue weighted by Crippen LogP contribution is 2.39. The molecular weight excluding hydrogens is 228 g/mol. The molecule has 2 heterocycles. The van der Waals surface area contributed by atoms with E-state index in [1.165, 1.54) is 25.7 Å². The molecule has 3 unspecified atom stereocenters. The molecule has 3 fully saturated rings. The van der Waals surface area contributed by atoms with Crippen LogP contribution in [-0.4, -0.2) is 34.2 Å². The van der Waals surface area contributed by atoms with Crippen LogP contribution in [0.3, 0.4) is 0 Å². The van der Waals surface area contributed by atoms with Crippen molar-refractivity contribution in [3.05, 3.63) is 11.7 Å². The van der Waals surface area contributed by atoms with Crippen LogP contribution in [0.2, 0.25) is 0 Å². The van der Waals surface area contributed by atoms with Gasteiger partial charge in [0, 0.05) is 25.0 Å². The summed E-state index contributed by atoms with van der Waals surface area (Å²) in [5, 5.41) is 4.07. The van der Waals surface area contributed by atoms with E-state index in [2.05, 4.69) is 15.0 Å². The van der Waals surface area contributed by atoms with E-state index in [1.54, 1.807) is 0 Å². The summed E-state index contributed by atoms with van der Waals surface area (Å²) in [7, 11) is 0. The Morgan fingerprint density at radius 1 is 1.22 bits per heavy atom. The highest BCUT2D eigenvalue weighted by molar-refractivity contribution is 5.04. The molecule has 2 N–H and O–H groups in total. The van der Waals surface area contributed by atoms with Gasteiger partial charge in [0.25, 0.3) is 0 Å². The van der Waals surface area contributed by atoms with Crippen molar-refractivity contribution in [1.82, 2.24) is 15.0 Å². The third-order valence-electron chi connectivity index (χ3n) is 4.77. The average Bonchev–Trinajstić information content (AvgIpc) is 2.82. The molecular formula is C13H20N4O. The fourth-order valence-corrected chi connectivity index (χ4v) is 3.56. The predicted octanol–water partition coefficient (Wildman–Crippen LogP) is 1.12. The second-order valence-corrected chi connectivity index (χ2v) is 6.18. The summed E-state index contributed by atoms with van der Waals surface area (Å²) < 4.78 is 5.34. The minimum absolute atomic E-state index is 0.407.